The standard InChI is InChI=1S/C26H28FN3O3.ClH/c1-29-22-10-6-20(14-23(22)30(2)26(29)31)17-33-24-11-7-19(15-25(24)32-3)16-28-13-12-18-4-8-21(27)9-5-18;/h4-11,14-15,28H,12-13,16-17H2,1-3H3;1H/p-1. The molecule has 1 aromatic heterocycles. The van der Waals surface area contributed by atoms with Crippen LogP contribution < -0.4 is 32.9 Å². The van der Waals surface area contributed by atoms with Gasteiger partial charge in [0.25, 0.3) is 0 Å². The molecule has 6 nitrogen and oxygen atoms in total. The number of hydrogen-bond donors (Lipinski definition) is 1. The van der Waals surface area contributed by atoms with Crippen LogP contribution in [-0.4, -0.2) is 22.8 Å². The first-order valence-corrected chi connectivity index (χ1v) is 10.9. The zero-order valence-electron chi connectivity index (χ0n) is 19.5. The molecule has 0 aliphatic heterocycles. The van der Waals surface area contributed by atoms with E-state index in [0.717, 1.165) is 40.7 Å². The number of benzene rings is 3. The Bertz CT molecular complexity index is 1320. The highest BCUT2D eigenvalue weighted by Gasteiger charge is 2.10. The van der Waals surface area contributed by atoms with Crippen molar-refractivity contribution in [2.24, 2.45) is 14.1 Å². The Balaban J connectivity index is 0.00000324. The van der Waals surface area contributed by atoms with Crippen LogP contribution in [0.5, 0.6) is 11.5 Å². The van der Waals surface area contributed by atoms with Crippen LogP contribution in [0, 0.1) is 5.82 Å². The van der Waals surface area contributed by atoms with Gasteiger partial charge in [-0.25, -0.2) is 9.18 Å². The molecule has 4 rings (SSSR count). The second kappa shape index (κ2) is 11.2. The van der Waals surface area contributed by atoms with Gasteiger partial charge in [0, 0.05) is 20.6 Å². The molecule has 4 aromatic rings. The van der Waals surface area contributed by atoms with Crippen molar-refractivity contribution in [1.82, 2.24) is 14.5 Å². The molecule has 0 amide bonds. The molecule has 1 N–H and O–H groups in total. The zero-order chi connectivity index (χ0) is 23.4. The fourth-order valence-electron chi connectivity index (χ4n) is 3.86. The summed E-state index contributed by atoms with van der Waals surface area (Å²) in [6, 6.07) is 18.3. The quantitative estimate of drug-likeness (QED) is 0.359. The van der Waals surface area contributed by atoms with Gasteiger partial charge in [-0.2, -0.15) is 0 Å². The molecule has 0 fully saturated rings. The molecule has 8 heteroatoms. The molecule has 3 aromatic carbocycles. The number of halogens is 2. The molecular formula is C26H28ClFN3O3-. The maximum Gasteiger partial charge on any atom is 0.328 e. The maximum absolute atomic E-state index is 13.0. The van der Waals surface area contributed by atoms with Crippen LogP contribution in [-0.2, 0) is 33.7 Å². The molecule has 0 aliphatic rings. The van der Waals surface area contributed by atoms with Gasteiger partial charge in [-0.1, -0.05) is 24.3 Å². The van der Waals surface area contributed by atoms with Gasteiger partial charge in [0.1, 0.15) is 12.4 Å². The summed E-state index contributed by atoms with van der Waals surface area (Å²) in [7, 11) is 5.16. The Morgan fingerprint density at radius 3 is 2.26 bits per heavy atom. The molecule has 0 bridgehead atoms. The van der Waals surface area contributed by atoms with Crippen molar-refractivity contribution in [3.05, 3.63) is 93.7 Å². The summed E-state index contributed by atoms with van der Waals surface area (Å²) in [4.78, 5) is 12.1. The van der Waals surface area contributed by atoms with Gasteiger partial charge in [-0.05, 0) is 66.1 Å². The minimum absolute atomic E-state index is 0. The second-order valence-corrected chi connectivity index (χ2v) is 8.05. The molecule has 0 radical (unpaired) electrons. The summed E-state index contributed by atoms with van der Waals surface area (Å²) in [6.07, 6.45) is 0.829. The fraction of sp³-hybridized carbons (Fsp3) is 0.269. The van der Waals surface area contributed by atoms with Gasteiger partial charge in [0.05, 0.1) is 18.1 Å². The van der Waals surface area contributed by atoms with E-state index in [1.165, 1.54) is 12.1 Å². The van der Waals surface area contributed by atoms with Gasteiger partial charge >= 0.3 is 5.69 Å². The number of aromatic nitrogens is 2. The van der Waals surface area contributed by atoms with Crippen LogP contribution in [0.15, 0.2) is 65.5 Å². The average molecular weight is 485 g/mol. The predicted octanol–water partition coefficient (Wildman–Crippen LogP) is 0.940. The third-order valence-corrected chi connectivity index (χ3v) is 5.79. The number of nitrogens with one attached hydrogen (secondary N) is 1. The van der Waals surface area contributed by atoms with E-state index in [1.807, 2.05) is 36.4 Å². The Labute approximate surface area is 204 Å². The summed E-state index contributed by atoms with van der Waals surface area (Å²) in [5, 5.41) is 3.40. The van der Waals surface area contributed by atoms with Crippen LogP contribution in [0.2, 0.25) is 0 Å². The molecule has 0 aliphatic carbocycles. The highest BCUT2D eigenvalue weighted by atomic mass is 35.5. The van der Waals surface area contributed by atoms with Gasteiger partial charge in [-0.3, -0.25) is 9.13 Å². The largest absolute Gasteiger partial charge is 1.00 e. The van der Waals surface area contributed by atoms with E-state index >= 15 is 0 Å². The number of hydrogen-bond acceptors (Lipinski definition) is 4. The number of rotatable bonds is 9. The third-order valence-electron chi connectivity index (χ3n) is 5.79. The highest BCUT2D eigenvalue weighted by molar-refractivity contribution is 5.76. The molecule has 0 atom stereocenters. The number of ether oxygens (including phenoxy) is 2. The summed E-state index contributed by atoms with van der Waals surface area (Å²) in [5.74, 6) is 1.11. The van der Waals surface area contributed by atoms with Gasteiger partial charge in [-0.15, -0.1) is 0 Å². The Hall–Kier alpha value is -3.29. The number of fused-ring (bicyclic) bond motifs is 1. The Kier molecular flexibility index (Phi) is 8.36. The summed E-state index contributed by atoms with van der Waals surface area (Å²) >= 11 is 0. The lowest BCUT2D eigenvalue weighted by molar-refractivity contribution is -0.00000801. The fourth-order valence-corrected chi connectivity index (χ4v) is 3.86. The average Bonchev–Trinajstić information content (AvgIpc) is 3.05. The summed E-state index contributed by atoms with van der Waals surface area (Å²) in [6.45, 7) is 1.85. The lowest BCUT2D eigenvalue weighted by atomic mass is 10.1. The smallest absolute Gasteiger partial charge is 0.328 e. The molecule has 0 saturated heterocycles. The SMILES string of the molecule is COc1cc(CNCCc2ccc(F)cc2)ccc1OCc1ccc2c(c1)n(C)c(=O)n2C.[Cl-]. The van der Waals surface area contributed by atoms with Gasteiger partial charge in [0.2, 0.25) is 0 Å². The van der Waals surface area contributed by atoms with E-state index < -0.39 is 0 Å². The van der Waals surface area contributed by atoms with Crippen molar-refractivity contribution in [1.29, 1.82) is 0 Å². The van der Waals surface area contributed by atoms with E-state index in [9.17, 15) is 9.18 Å². The van der Waals surface area contributed by atoms with Crippen molar-refractivity contribution >= 4 is 11.0 Å². The Morgan fingerprint density at radius 1 is 0.853 bits per heavy atom. The third kappa shape index (κ3) is 5.61. The lowest BCUT2D eigenvalue weighted by Crippen LogP contribution is -3.00. The number of imidazole rings is 1. The first-order chi connectivity index (χ1) is 16.0. The van der Waals surface area contributed by atoms with Crippen molar-refractivity contribution < 1.29 is 26.3 Å². The molecule has 0 unspecified atom stereocenters. The topological polar surface area (TPSA) is 57.4 Å². The minimum Gasteiger partial charge on any atom is -1.00 e. The van der Waals surface area contributed by atoms with Crippen LogP contribution in [0.1, 0.15) is 16.7 Å². The van der Waals surface area contributed by atoms with Crippen molar-refractivity contribution in [2.45, 2.75) is 19.6 Å². The summed E-state index contributed by atoms with van der Waals surface area (Å²) in [5.41, 5.74) is 4.86. The lowest BCUT2D eigenvalue weighted by Gasteiger charge is -2.13. The van der Waals surface area contributed by atoms with Gasteiger partial charge < -0.3 is 27.2 Å². The summed E-state index contributed by atoms with van der Waals surface area (Å²) < 4.78 is 27.8. The molecule has 180 valence electrons. The number of nitrogens with zero attached hydrogens (tertiary/aromatic N) is 2. The molecule has 0 spiro atoms. The number of methoxy groups -OCH3 is 1. The highest BCUT2D eigenvalue weighted by Crippen LogP contribution is 2.29. The Morgan fingerprint density at radius 2 is 1.53 bits per heavy atom. The van der Waals surface area contributed by atoms with E-state index in [0.29, 0.717) is 24.7 Å². The van der Waals surface area contributed by atoms with E-state index in [-0.39, 0.29) is 23.9 Å². The van der Waals surface area contributed by atoms with Crippen LogP contribution in [0.4, 0.5) is 4.39 Å². The van der Waals surface area contributed by atoms with Crippen LogP contribution >= 0.6 is 0 Å². The van der Waals surface area contributed by atoms with E-state index in [1.54, 1.807) is 42.5 Å². The molecule has 0 saturated carbocycles. The van der Waals surface area contributed by atoms with Crippen molar-refractivity contribution in [3.8, 4) is 11.5 Å². The molecule has 34 heavy (non-hydrogen) atoms. The number of aryl methyl sites for hydroxylation is 2. The van der Waals surface area contributed by atoms with Gasteiger partial charge in [0.15, 0.2) is 11.5 Å². The molecule has 1 heterocycles. The maximum atomic E-state index is 13.0. The van der Waals surface area contributed by atoms with E-state index in [4.69, 9.17) is 9.47 Å². The predicted molar refractivity (Wildman–Crippen MR) is 127 cm³/mol. The minimum atomic E-state index is -0.215. The first kappa shape index (κ1) is 25.3. The molecular weight excluding hydrogens is 457 g/mol. The second-order valence-electron chi connectivity index (χ2n) is 8.05. The van der Waals surface area contributed by atoms with Crippen molar-refractivity contribution in [3.63, 3.8) is 0 Å². The van der Waals surface area contributed by atoms with Crippen molar-refractivity contribution in [2.75, 3.05) is 13.7 Å². The zero-order valence-corrected chi connectivity index (χ0v) is 20.2. The normalized spacial score (nSPS) is 10.8. The first-order valence-electron chi connectivity index (χ1n) is 10.9. The van der Waals surface area contributed by atoms with Crippen LogP contribution in [0.25, 0.3) is 11.0 Å². The van der Waals surface area contributed by atoms with Crippen LogP contribution in [0.3, 0.4) is 0 Å². The van der Waals surface area contributed by atoms with E-state index in [2.05, 4.69) is 5.32 Å². The monoisotopic (exact) mass is 484 g/mol.